The predicted octanol–water partition coefficient (Wildman–Crippen LogP) is 4.38. The second-order valence-corrected chi connectivity index (χ2v) is 12.2. The minimum atomic E-state index is -4.09. The molecule has 1 fully saturated rings. The average molecular weight is 598 g/mol. The third-order valence-corrected chi connectivity index (χ3v) is 8.21. The molecule has 1 aliphatic rings. The molecule has 0 saturated carbocycles. The molecule has 3 aromatic carbocycles. The normalized spacial score (nSPS) is 18.5. The molecule has 0 bridgehead atoms. The van der Waals surface area contributed by atoms with Crippen LogP contribution in [0.25, 0.3) is 0 Å². The van der Waals surface area contributed by atoms with E-state index in [2.05, 4.69) is 5.32 Å². The molecular formula is C27H27Cl2F2N3O4S. The quantitative estimate of drug-likeness (QED) is 0.382. The van der Waals surface area contributed by atoms with Gasteiger partial charge in [0.15, 0.2) is 0 Å². The molecule has 0 aromatic heterocycles. The molecule has 3 atom stereocenters. The third kappa shape index (κ3) is 6.53. The molecule has 12 heteroatoms. The van der Waals surface area contributed by atoms with Gasteiger partial charge in [0.25, 0.3) is 0 Å². The van der Waals surface area contributed by atoms with Crippen LogP contribution in [0.4, 0.5) is 14.5 Å². The molecule has 4 rings (SSSR count). The fraction of sp³-hybridized carbons (Fsp3) is 0.296. The zero-order valence-corrected chi connectivity index (χ0v) is 23.4. The molecule has 3 aromatic rings. The first-order valence-electron chi connectivity index (χ1n) is 12.0. The smallest absolute Gasteiger partial charge is 0.239 e. The standard InChI is InChI=1S/C27H27Cl2F2N3O4S/c1-16(15-35)32-27(36)26-24(34(39(2,37)38)23-12-21(30)11-22(31)13-23)14-33(26)25(17-3-7-19(28)8-4-17)18-5-9-20(29)10-6-18/h3-13,16,24-26,35H,14-15H2,1-2H3,(H,32,36)/t16-,24?,26+/m0/s1. The number of nitrogens with zero attached hydrogens (tertiary/aromatic N) is 2. The third-order valence-electron chi connectivity index (χ3n) is 6.51. The Labute approximate surface area is 236 Å². The Kier molecular flexibility index (Phi) is 8.82. The van der Waals surface area contributed by atoms with E-state index in [0.29, 0.717) is 16.1 Å². The van der Waals surface area contributed by atoms with Crippen LogP contribution in [-0.2, 0) is 14.8 Å². The molecule has 0 radical (unpaired) electrons. The van der Waals surface area contributed by atoms with Crippen molar-refractivity contribution in [1.82, 2.24) is 10.2 Å². The van der Waals surface area contributed by atoms with E-state index in [4.69, 9.17) is 23.2 Å². The van der Waals surface area contributed by atoms with Gasteiger partial charge in [0.05, 0.1) is 30.6 Å². The number of anilines is 1. The summed E-state index contributed by atoms with van der Waals surface area (Å²) in [5, 5.41) is 13.3. The van der Waals surface area contributed by atoms with Gasteiger partial charge in [-0.1, -0.05) is 47.5 Å². The van der Waals surface area contributed by atoms with Crippen LogP contribution in [0, 0.1) is 11.6 Å². The Morgan fingerprint density at radius 2 is 1.51 bits per heavy atom. The molecule has 1 unspecified atom stereocenters. The van der Waals surface area contributed by atoms with E-state index >= 15 is 0 Å². The highest BCUT2D eigenvalue weighted by Crippen LogP contribution is 2.40. The van der Waals surface area contributed by atoms with Gasteiger partial charge in [-0.2, -0.15) is 0 Å². The van der Waals surface area contributed by atoms with E-state index in [1.807, 2.05) is 0 Å². The van der Waals surface area contributed by atoms with Crippen molar-refractivity contribution in [3.8, 4) is 0 Å². The first kappa shape index (κ1) is 29.2. The summed E-state index contributed by atoms with van der Waals surface area (Å²) in [4.78, 5) is 15.4. The number of likely N-dealkylation sites (tertiary alicyclic amines) is 1. The first-order valence-corrected chi connectivity index (χ1v) is 14.6. The minimum Gasteiger partial charge on any atom is -0.394 e. The fourth-order valence-electron chi connectivity index (χ4n) is 4.84. The molecule has 1 amide bonds. The maximum Gasteiger partial charge on any atom is 0.239 e. The summed E-state index contributed by atoms with van der Waals surface area (Å²) >= 11 is 12.2. The summed E-state index contributed by atoms with van der Waals surface area (Å²) in [6.07, 6.45) is 0.916. The van der Waals surface area contributed by atoms with Gasteiger partial charge in [0, 0.05) is 28.7 Å². The zero-order valence-electron chi connectivity index (χ0n) is 21.1. The van der Waals surface area contributed by atoms with E-state index < -0.39 is 51.7 Å². The average Bonchev–Trinajstić information content (AvgIpc) is 2.83. The van der Waals surface area contributed by atoms with Gasteiger partial charge in [-0.25, -0.2) is 17.2 Å². The van der Waals surface area contributed by atoms with Gasteiger partial charge in [-0.05, 0) is 54.4 Å². The maximum absolute atomic E-state index is 14.1. The highest BCUT2D eigenvalue weighted by atomic mass is 35.5. The lowest BCUT2D eigenvalue weighted by molar-refractivity contribution is -0.134. The van der Waals surface area contributed by atoms with E-state index in [0.717, 1.165) is 33.8 Å². The number of hydrogen-bond donors (Lipinski definition) is 2. The molecule has 39 heavy (non-hydrogen) atoms. The first-order chi connectivity index (χ1) is 18.4. The monoisotopic (exact) mass is 597 g/mol. The number of halogens is 4. The highest BCUT2D eigenvalue weighted by molar-refractivity contribution is 7.92. The van der Waals surface area contributed by atoms with Crippen molar-refractivity contribution in [2.24, 2.45) is 0 Å². The van der Waals surface area contributed by atoms with Crippen molar-refractivity contribution >= 4 is 44.8 Å². The molecule has 2 N–H and O–H groups in total. The van der Waals surface area contributed by atoms with Crippen molar-refractivity contribution in [3.05, 3.63) is 99.5 Å². The van der Waals surface area contributed by atoms with Crippen LogP contribution >= 0.6 is 23.2 Å². The van der Waals surface area contributed by atoms with Crippen LogP contribution in [0.3, 0.4) is 0 Å². The van der Waals surface area contributed by atoms with Crippen molar-refractivity contribution < 1.29 is 27.1 Å². The Morgan fingerprint density at radius 3 is 1.95 bits per heavy atom. The lowest BCUT2D eigenvalue weighted by Gasteiger charge is -2.54. The summed E-state index contributed by atoms with van der Waals surface area (Å²) in [5.74, 6) is -2.46. The van der Waals surface area contributed by atoms with Gasteiger partial charge in [-0.3, -0.25) is 14.0 Å². The van der Waals surface area contributed by atoms with Crippen LogP contribution in [0.5, 0.6) is 0 Å². The number of nitrogens with one attached hydrogen (secondary N) is 1. The van der Waals surface area contributed by atoms with Gasteiger partial charge >= 0.3 is 0 Å². The molecule has 7 nitrogen and oxygen atoms in total. The number of benzene rings is 3. The van der Waals surface area contributed by atoms with E-state index in [9.17, 15) is 27.1 Å². The lowest BCUT2D eigenvalue weighted by Crippen LogP contribution is -2.73. The van der Waals surface area contributed by atoms with Gasteiger partial charge in [-0.15, -0.1) is 0 Å². The van der Waals surface area contributed by atoms with Crippen molar-refractivity contribution in [2.75, 3.05) is 23.7 Å². The number of amides is 1. The number of hydrogen-bond acceptors (Lipinski definition) is 5. The fourth-order valence-corrected chi connectivity index (χ4v) is 6.26. The Bertz CT molecular complexity index is 1380. The van der Waals surface area contributed by atoms with Crippen molar-refractivity contribution in [3.63, 3.8) is 0 Å². The number of aliphatic hydroxyl groups excluding tert-OH is 1. The summed E-state index contributed by atoms with van der Waals surface area (Å²) in [6.45, 7) is 1.31. The number of carbonyl (C=O) groups is 1. The number of sulfonamides is 1. The summed E-state index contributed by atoms with van der Waals surface area (Å²) in [7, 11) is -4.09. The largest absolute Gasteiger partial charge is 0.394 e. The highest BCUT2D eigenvalue weighted by Gasteiger charge is 2.52. The molecular weight excluding hydrogens is 571 g/mol. The zero-order chi connectivity index (χ0) is 28.5. The SMILES string of the molecule is C[C@@H](CO)NC(=O)[C@H]1C(N(c2cc(F)cc(F)c2)S(C)(=O)=O)CN1C(c1ccc(Cl)cc1)c1ccc(Cl)cc1. The van der Waals surface area contributed by atoms with Gasteiger partial charge in [0.2, 0.25) is 15.9 Å². The summed E-state index contributed by atoms with van der Waals surface area (Å²) in [5.41, 5.74) is 1.31. The van der Waals surface area contributed by atoms with Crippen LogP contribution in [-0.4, -0.2) is 61.9 Å². The molecule has 1 aliphatic heterocycles. The second-order valence-electron chi connectivity index (χ2n) is 9.49. The molecule has 208 valence electrons. The van der Waals surface area contributed by atoms with E-state index in [-0.39, 0.29) is 18.8 Å². The number of carbonyl (C=O) groups excluding carboxylic acids is 1. The summed E-state index contributed by atoms with van der Waals surface area (Å²) < 4.78 is 55.2. The molecule has 1 saturated heterocycles. The lowest BCUT2D eigenvalue weighted by atomic mass is 9.86. The predicted molar refractivity (Wildman–Crippen MR) is 147 cm³/mol. The summed E-state index contributed by atoms with van der Waals surface area (Å²) in [6, 6.07) is 13.3. The van der Waals surface area contributed by atoms with Crippen LogP contribution in [0.15, 0.2) is 66.7 Å². The molecule has 0 aliphatic carbocycles. The van der Waals surface area contributed by atoms with E-state index in [1.54, 1.807) is 60.4 Å². The van der Waals surface area contributed by atoms with Crippen molar-refractivity contribution in [2.45, 2.75) is 31.1 Å². The Hall–Kier alpha value is -2.76. The maximum atomic E-state index is 14.1. The van der Waals surface area contributed by atoms with E-state index in [1.165, 1.54) is 0 Å². The second kappa shape index (κ2) is 11.8. The van der Waals surface area contributed by atoms with Crippen LogP contribution in [0.2, 0.25) is 10.0 Å². The van der Waals surface area contributed by atoms with Crippen molar-refractivity contribution in [1.29, 1.82) is 0 Å². The topological polar surface area (TPSA) is 90.0 Å². The van der Waals surface area contributed by atoms with Gasteiger partial charge in [0.1, 0.15) is 17.7 Å². The molecule has 1 heterocycles. The Morgan fingerprint density at radius 1 is 1.03 bits per heavy atom. The van der Waals surface area contributed by atoms with Crippen LogP contribution in [0.1, 0.15) is 24.1 Å². The van der Waals surface area contributed by atoms with Gasteiger partial charge < -0.3 is 10.4 Å². The molecule has 0 spiro atoms. The Balaban J connectivity index is 1.83. The number of rotatable bonds is 9. The minimum absolute atomic E-state index is 0.0483. The van der Waals surface area contributed by atoms with Crippen LogP contribution < -0.4 is 9.62 Å². The number of aliphatic hydroxyl groups is 1.